The van der Waals surface area contributed by atoms with Gasteiger partial charge in [-0.15, -0.1) is 0 Å². The molecule has 1 aromatic heterocycles. The Morgan fingerprint density at radius 1 is 1.21 bits per heavy atom. The van der Waals surface area contributed by atoms with E-state index in [0.29, 0.717) is 0 Å². The molecule has 2 rings (SSSR count). The second kappa shape index (κ2) is 4.04. The van der Waals surface area contributed by atoms with E-state index in [2.05, 4.69) is 4.98 Å². The molecular formula is C8H8NNaO3S. The summed E-state index contributed by atoms with van der Waals surface area (Å²) in [5, 5.41) is 0.759. The summed E-state index contributed by atoms with van der Waals surface area (Å²) in [6, 6.07) is 6.12. The summed E-state index contributed by atoms with van der Waals surface area (Å²) in [6.07, 6.45) is 1.71. The monoisotopic (exact) mass is 221 g/mol. The molecule has 2 N–H and O–H groups in total. The van der Waals surface area contributed by atoms with Crippen LogP contribution in [0, 0.1) is 0 Å². The summed E-state index contributed by atoms with van der Waals surface area (Å²) in [6.45, 7) is 0. The van der Waals surface area contributed by atoms with Gasteiger partial charge in [-0.25, -0.2) is 0 Å². The molecule has 4 nitrogen and oxygen atoms in total. The van der Waals surface area contributed by atoms with Crippen LogP contribution in [0.5, 0.6) is 0 Å². The second-order valence-corrected chi connectivity index (χ2v) is 4.12. The van der Waals surface area contributed by atoms with Crippen molar-refractivity contribution < 1.29 is 13.0 Å². The van der Waals surface area contributed by atoms with Gasteiger partial charge in [-0.2, -0.15) is 8.42 Å². The van der Waals surface area contributed by atoms with Crippen LogP contribution in [-0.4, -0.2) is 47.5 Å². The van der Waals surface area contributed by atoms with Gasteiger partial charge in [-0.1, -0.05) is 0 Å². The molecule has 0 unspecified atom stereocenters. The molecule has 0 aliphatic carbocycles. The normalized spacial score (nSPS) is 11.2. The van der Waals surface area contributed by atoms with Gasteiger partial charge in [-0.3, -0.25) is 4.55 Å². The van der Waals surface area contributed by atoms with E-state index in [0.717, 1.165) is 10.9 Å². The predicted molar refractivity (Wildman–Crippen MR) is 55.3 cm³/mol. The Morgan fingerprint density at radius 2 is 1.93 bits per heavy atom. The minimum atomic E-state index is -4.09. The number of hydrogen-bond acceptors (Lipinski definition) is 2. The maximum absolute atomic E-state index is 10.7. The van der Waals surface area contributed by atoms with E-state index in [1.807, 2.05) is 0 Å². The molecule has 0 amide bonds. The van der Waals surface area contributed by atoms with E-state index in [-0.39, 0.29) is 34.5 Å². The molecule has 1 aromatic carbocycles. The van der Waals surface area contributed by atoms with Crippen molar-refractivity contribution in [1.29, 1.82) is 0 Å². The maximum atomic E-state index is 10.7. The number of rotatable bonds is 1. The molecule has 0 aliphatic heterocycles. The van der Waals surface area contributed by atoms with Crippen molar-refractivity contribution in [3.05, 3.63) is 30.5 Å². The van der Waals surface area contributed by atoms with Crippen molar-refractivity contribution in [2.75, 3.05) is 0 Å². The average molecular weight is 221 g/mol. The quantitative estimate of drug-likeness (QED) is 0.552. The zero-order valence-corrected chi connectivity index (χ0v) is 7.38. The number of hydrogen-bond donors (Lipinski definition) is 2. The third-order valence-electron chi connectivity index (χ3n) is 1.82. The molecule has 0 saturated heterocycles. The number of benzene rings is 1. The molecule has 0 bridgehead atoms. The summed E-state index contributed by atoms with van der Waals surface area (Å²) < 4.78 is 30.2. The molecule has 0 aliphatic rings. The van der Waals surface area contributed by atoms with Gasteiger partial charge < -0.3 is 4.98 Å². The molecule has 0 fully saturated rings. The number of fused-ring (bicyclic) bond motifs is 1. The Kier molecular flexibility index (Phi) is 3.39. The molecule has 14 heavy (non-hydrogen) atoms. The number of aromatic amines is 1. The zero-order valence-electron chi connectivity index (χ0n) is 6.56. The average Bonchev–Trinajstić information content (AvgIpc) is 2.47. The first-order chi connectivity index (χ1) is 6.07. The van der Waals surface area contributed by atoms with Crippen molar-refractivity contribution in [2.24, 2.45) is 0 Å². The van der Waals surface area contributed by atoms with Gasteiger partial charge in [0, 0.05) is 17.1 Å². The van der Waals surface area contributed by atoms with Crippen LogP contribution in [0.4, 0.5) is 0 Å². The van der Waals surface area contributed by atoms with Gasteiger partial charge in [-0.05, 0) is 24.3 Å². The van der Waals surface area contributed by atoms with Crippen molar-refractivity contribution in [1.82, 2.24) is 4.98 Å². The Bertz CT molecular complexity index is 546. The Labute approximate surface area is 103 Å². The van der Waals surface area contributed by atoms with Crippen LogP contribution in [0.2, 0.25) is 0 Å². The van der Waals surface area contributed by atoms with Crippen molar-refractivity contribution in [2.45, 2.75) is 4.90 Å². The topological polar surface area (TPSA) is 70.2 Å². The predicted octanol–water partition coefficient (Wildman–Crippen LogP) is 0.766. The molecule has 0 atom stereocenters. The van der Waals surface area contributed by atoms with Crippen LogP contribution in [0.25, 0.3) is 10.9 Å². The Hall–Kier alpha value is -0.330. The molecule has 6 heteroatoms. The van der Waals surface area contributed by atoms with Gasteiger partial charge in [0.25, 0.3) is 10.1 Å². The van der Waals surface area contributed by atoms with Crippen LogP contribution in [0.3, 0.4) is 0 Å². The van der Waals surface area contributed by atoms with E-state index in [1.165, 1.54) is 12.1 Å². The van der Waals surface area contributed by atoms with Crippen LogP contribution >= 0.6 is 0 Å². The van der Waals surface area contributed by atoms with Crippen LogP contribution in [0.1, 0.15) is 0 Å². The molecule has 0 saturated carbocycles. The van der Waals surface area contributed by atoms with Crippen molar-refractivity contribution >= 4 is 50.6 Å². The number of aromatic nitrogens is 1. The molecular weight excluding hydrogens is 213 g/mol. The van der Waals surface area contributed by atoms with E-state index in [9.17, 15) is 8.42 Å². The summed E-state index contributed by atoms with van der Waals surface area (Å²) in [7, 11) is -4.09. The summed E-state index contributed by atoms with van der Waals surface area (Å²) >= 11 is 0. The van der Waals surface area contributed by atoms with Crippen molar-refractivity contribution in [3.8, 4) is 0 Å². The third-order valence-corrected chi connectivity index (χ3v) is 2.67. The van der Waals surface area contributed by atoms with E-state index < -0.39 is 10.1 Å². The van der Waals surface area contributed by atoms with Crippen LogP contribution in [0.15, 0.2) is 35.4 Å². The number of H-pyrrole nitrogens is 1. The Balaban J connectivity index is 0.000000980. The SMILES string of the molecule is O=S(=O)(O)c1ccc2[nH]ccc2c1.[NaH]. The van der Waals surface area contributed by atoms with Crippen LogP contribution in [-0.2, 0) is 10.1 Å². The second-order valence-electron chi connectivity index (χ2n) is 2.70. The minimum absolute atomic E-state index is 0. The van der Waals surface area contributed by atoms with E-state index in [1.54, 1.807) is 18.3 Å². The Morgan fingerprint density at radius 3 is 2.57 bits per heavy atom. The van der Waals surface area contributed by atoms with Crippen LogP contribution < -0.4 is 0 Å². The van der Waals surface area contributed by atoms with Gasteiger partial charge in [0.15, 0.2) is 0 Å². The first-order valence-electron chi connectivity index (χ1n) is 3.62. The molecule has 0 spiro atoms. The fourth-order valence-electron chi connectivity index (χ4n) is 1.19. The fourth-order valence-corrected chi connectivity index (χ4v) is 1.71. The van der Waals surface area contributed by atoms with Gasteiger partial charge in [0.1, 0.15) is 0 Å². The van der Waals surface area contributed by atoms with Gasteiger partial charge in [0.05, 0.1) is 4.90 Å². The molecule has 2 aromatic rings. The summed E-state index contributed by atoms with van der Waals surface area (Å²) in [5.41, 5.74) is 0.840. The standard InChI is InChI=1S/C8H7NO3S.Na.H/c10-13(11,12)7-1-2-8-6(5-7)3-4-9-8;;/h1-5,9H,(H,10,11,12);;. The van der Waals surface area contributed by atoms with E-state index >= 15 is 0 Å². The zero-order chi connectivity index (χ0) is 9.47. The first kappa shape index (κ1) is 11.7. The van der Waals surface area contributed by atoms with E-state index in [4.69, 9.17) is 4.55 Å². The third kappa shape index (κ3) is 2.18. The number of nitrogens with one attached hydrogen (secondary N) is 1. The molecule has 70 valence electrons. The van der Waals surface area contributed by atoms with Crippen molar-refractivity contribution in [3.63, 3.8) is 0 Å². The first-order valence-corrected chi connectivity index (χ1v) is 5.06. The summed E-state index contributed by atoms with van der Waals surface area (Å²) in [4.78, 5) is 2.84. The van der Waals surface area contributed by atoms with Gasteiger partial charge in [0.2, 0.25) is 0 Å². The summed E-state index contributed by atoms with van der Waals surface area (Å²) in [5.74, 6) is 0. The molecule has 1 heterocycles. The van der Waals surface area contributed by atoms with Gasteiger partial charge >= 0.3 is 29.6 Å². The molecule has 0 radical (unpaired) electrons. The fraction of sp³-hybridized carbons (Fsp3) is 0.